The normalized spacial score (nSPS) is 18.2. The van der Waals surface area contributed by atoms with Gasteiger partial charge < -0.3 is 20.3 Å². The van der Waals surface area contributed by atoms with Crippen LogP contribution in [0.5, 0.6) is 5.75 Å². The Morgan fingerprint density at radius 1 is 1.09 bits per heavy atom. The van der Waals surface area contributed by atoms with E-state index in [0.717, 1.165) is 48.0 Å². The fourth-order valence-electron chi connectivity index (χ4n) is 4.34. The van der Waals surface area contributed by atoms with Crippen LogP contribution in [0.1, 0.15) is 31.2 Å². The summed E-state index contributed by atoms with van der Waals surface area (Å²) in [4.78, 5) is 22.1. The first-order chi connectivity index (χ1) is 15.9. The number of nitrogens with zero attached hydrogens (tertiary/aromatic N) is 4. The van der Waals surface area contributed by atoms with Gasteiger partial charge in [0.25, 0.3) is 5.69 Å². The number of aromatic nitrogens is 2. The van der Waals surface area contributed by atoms with Gasteiger partial charge >= 0.3 is 0 Å². The number of anilines is 2. The van der Waals surface area contributed by atoms with Gasteiger partial charge in [-0.15, -0.1) is 0 Å². The number of non-ortho nitro benzene ring substituents is 1. The number of nitrogens with one attached hydrogen (secondary N) is 2. The predicted molar refractivity (Wildman–Crippen MR) is 130 cm³/mol. The molecular weight excluding hydrogens is 420 g/mol. The minimum absolute atomic E-state index is 0.0375. The quantitative estimate of drug-likeness (QED) is 0.390. The molecule has 1 aliphatic carbocycles. The van der Waals surface area contributed by atoms with E-state index in [1.807, 2.05) is 43.3 Å². The highest BCUT2D eigenvalue weighted by atomic mass is 16.6. The maximum Gasteiger partial charge on any atom is 0.273 e. The Bertz CT molecular complexity index is 1130. The van der Waals surface area contributed by atoms with Crippen molar-refractivity contribution in [1.82, 2.24) is 15.3 Å². The molecule has 4 rings (SSSR count). The maximum atomic E-state index is 11.0. The smallest absolute Gasteiger partial charge is 0.273 e. The molecule has 0 amide bonds. The Morgan fingerprint density at radius 3 is 2.52 bits per heavy atom. The molecule has 2 aromatic carbocycles. The van der Waals surface area contributed by atoms with Gasteiger partial charge in [-0.3, -0.25) is 10.1 Å². The van der Waals surface area contributed by atoms with Gasteiger partial charge in [-0.1, -0.05) is 12.1 Å². The SMILES string of the molecule is COc1cc([N+](=O)[O-])ccc1CN[C@H]1CC[C@@H](Nc2nc(N(C)C)c3ccccc3n2)CC1. The first-order valence-corrected chi connectivity index (χ1v) is 11.2. The van der Waals surface area contributed by atoms with Gasteiger partial charge in [-0.2, -0.15) is 4.98 Å². The summed E-state index contributed by atoms with van der Waals surface area (Å²) in [5.74, 6) is 2.12. The summed E-state index contributed by atoms with van der Waals surface area (Å²) in [5, 5.41) is 19.1. The largest absolute Gasteiger partial charge is 0.496 e. The van der Waals surface area contributed by atoms with Crippen LogP contribution in [0.25, 0.3) is 10.9 Å². The molecule has 3 aromatic rings. The molecule has 1 saturated carbocycles. The summed E-state index contributed by atoms with van der Waals surface area (Å²) >= 11 is 0. The molecule has 0 radical (unpaired) electrons. The zero-order valence-corrected chi connectivity index (χ0v) is 19.2. The van der Waals surface area contributed by atoms with Crippen molar-refractivity contribution in [3.8, 4) is 5.75 Å². The Morgan fingerprint density at radius 2 is 1.82 bits per heavy atom. The summed E-state index contributed by atoms with van der Waals surface area (Å²) in [5.41, 5.74) is 1.89. The Hall–Kier alpha value is -3.46. The second-order valence-electron chi connectivity index (χ2n) is 8.61. The second-order valence-corrected chi connectivity index (χ2v) is 8.61. The Balaban J connectivity index is 1.34. The number of hydrogen-bond donors (Lipinski definition) is 2. The van der Waals surface area contributed by atoms with E-state index in [0.29, 0.717) is 30.3 Å². The summed E-state index contributed by atoms with van der Waals surface area (Å²) in [6, 6.07) is 13.5. The van der Waals surface area contributed by atoms with Crippen molar-refractivity contribution in [3.63, 3.8) is 0 Å². The fraction of sp³-hybridized carbons (Fsp3) is 0.417. The Labute approximate surface area is 193 Å². The predicted octanol–water partition coefficient (Wildman–Crippen LogP) is 4.13. The van der Waals surface area contributed by atoms with Gasteiger partial charge in [0.15, 0.2) is 0 Å². The van der Waals surface area contributed by atoms with Crippen LogP contribution >= 0.6 is 0 Å². The molecule has 0 unspecified atom stereocenters. The van der Waals surface area contributed by atoms with Gasteiger partial charge in [-0.25, -0.2) is 4.98 Å². The van der Waals surface area contributed by atoms with Crippen molar-refractivity contribution < 1.29 is 9.66 Å². The monoisotopic (exact) mass is 450 g/mol. The molecule has 0 saturated heterocycles. The number of nitro benzene ring substituents is 1. The topological polar surface area (TPSA) is 105 Å². The number of benzene rings is 2. The molecule has 0 atom stereocenters. The third-order valence-corrected chi connectivity index (χ3v) is 6.13. The lowest BCUT2D eigenvalue weighted by atomic mass is 9.91. The molecule has 9 nitrogen and oxygen atoms in total. The number of nitro groups is 1. The zero-order valence-electron chi connectivity index (χ0n) is 19.2. The molecule has 1 aliphatic rings. The molecule has 0 bridgehead atoms. The van der Waals surface area contributed by atoms with Gasteiger partial charge in [0.05, 0.1) is 23.6 Å². The van der Waals surface area contributed by atoms with Crippen LogP contribution in [-0.2, 0) is 6.54 Å². The number of ether oxygens (including phenoxy) is 1. The van der Waals surface area contributed by atoms with Gasteiger partial charge in [0.2, 0.25) is 5.95 Å². The summed E-state index contributed by atoms with van der Waals surface area (Å²) in [6.45, 7) is 0.615. The number of fused-ring (bicyclic) bond motifs is 1. The fourth-order valence-corrected chi connectivity index (χ4v) is 4.34. The second kappa shape index (κ2) is 9.99. The van der Waals surface area contributed by atoms with Crippen molar-refractivity contribution in [2.24, 2.45) is 0 Å². The van der Waals surface area contributed by atoms with E-state index in [-0.39, 0.29) is 5.69 Å². The average Bonchev–Trinajstić information content (AvgIpc) is 2.82. The Kier molecular flexibility index (Phi) is 6.88. The lowest BCUT2D eigenvalue weighted by molar-refractivity contribution is -0.384. The highest BCUT2D eigenvalue weighted by Crippen LogP contribution is 2.28. The number of para-hydroxylation sites is 1. The molecule has 0 spiro atoms. The average molecular weight is 451 g/mol. The van der Waals surface area contributed by atoms with Crippen LogP contribution in [0.3, 0.4) is 0 Å². The van der Waals surface area contributed by atoms with Crippen molar-refractivity contribution in [2.45, 2.75) is 44.3 Å². The molecule has 1 fully saturated rings. The summed E-state index contributed by atoms with van der Waals surface area (Å²) < 4.78 is 5.34. The van der Waals surface area contributed by atoms with E-state index in [1.165, 1.54) is 19.2 Å². The summed E-state index contributed by atoms with van der Waals surface area (Å²) in [7, 11) is 5.53. The van der Waals surface area contributed by atoms with Crippen LogP contribution in [0, 0.1) is 10.1 Å². The molecule has 2 N–H and O–H groups in total. The molecule has 9 heteroatoms. The lowest BCUT2D eigenvalue weighted by Gasteiger charge is -2.30. The lowest BCUT2D eigenvalue weighted by Crippen LogP contribution is -2.37. The van der Waals surface area contributed by atoms with Crippen molar-refractivity contribution in [2.75, 3.05) is 31.4 Å². The van der Waals surface area contributed by atoms with E-state index in [1.54, 1.807) is 6.07 Å². The number of hydrogen-bond acceptors (Lipinski definition) is 8. The van der Waals surface area contributed by atoms with E-state index < -0.39 is 4.92 Å². The minimum Gasteiger partial charge on any atom is -0.496 e. The van der Waals surface area contributed by atoms with Gasteiger partial charge in [0, 0.05) is 49.7 Å². The van der Waals surface area contributed by atoms with Crippen molar-refractivity contribution in [3.05, 3.63) is 58.1 Å². The van der Waals surface area contributed by atoms with E-state index in [4.69, 9.17) is 14.7 Å². The van der Waals surface area contributed by atoms with Gasteiger partial charge in [0.1, 0.15) is 11.6 Å². The van der Waals surface area contributed by atoms with Crippen molar-refractivity contribution in [1.29, 1.82) is 0 Å². The number of rotatable bonds is 8. The molecule has 33 heavy (non-hydrogen) atoms. The van der Waals surface area contributed by atoms with Crippen LogP contribution < -0.4 is 20.3 Å². The molecule has 0 aliphatic heterocycles. The molecule has 1 heterocycles. The van der Waals surface area contributed by atoms with E-state index in [9.17, 15) is 10.1 Å². The molecular formula is C24H30N6O3. The first-order valence-electron chi connectivity index (χ1n) is 11.2. The van der Waals surface area contributed by atoms with Gasteiger partial charge in [-0.05, 0) is 43.9 Å². The van der Waals surface area contributed by atoms with E-state index in [2.05, 4.69) is 10.6 Å². The zero-order chi connectivity index (χ0) is 23.4. The summed E-state index contributed by atoms with van der Waals surface area (Å²) in [6.07, 6.45) is 4.09. The van der Waals surface area contributed by atoms with Crippen LogP contribution in [0.2, 0.25) is 0 Å². The maximum absolute atomic E-state index is 11.0. The third kappa shape index (κ3) is 5.31. The minimum atomic E-state index is -0.408. The van der Waals surface area contributed by atoms with Crippen molar-refractivity contribution >= 4 is 28.4 Å². The first kappa shape index (κ1) is 22.7. The van der Waals surface area contributed by atoms with Crippen LogP contribution in [-0.4, -0.2) is 48.2 Å². The van der Waals surface area contributed by atoms with E-state index >= 15 is 0 Å². The highest BCUT2D eigenvalue weighted by molar-refractivity contribution is 5.90. The highest BCUT2D eigenvalue weighted by Gasteiger charge is 2.22. The van der Waals surface area contributed by atoms with Crippen LogP contribution in [0.15, 0.2) is 42.5 Å². The number of methoxy groups -OCH3 is 1. The molecule has 1 aromatic heterocycles. The van der Waals surface area contributed by atoms with Crippen LogP contribution in [0.4, 0.5) is 17.5 Å². The molecule has 174 valence electrons. The third-order valence-electron chi connectivity index (χ3n) is 6.13. The standard InChI is InChI=1S/C24H30N6O3/c1-29(2)23-20-6-4-5-7-21(20)27-24(28-23)26-18-11-9-17(10-12-18)25-15-16-8-13-19(30(31)32)14-22(16)33-3/h4-8,13-14,17-18,25H,9-12,15H2,1-3H3,(H,26,27,28)/t17-,18+.